The molecule has 1 fully saturated rings. The molecule has 5 heteroatoms. The molecule has 2 amide bonds. The van der Waals surface area contributed by atoms with Gasteiger partial charge < -0.3 is 16.0 Å². The van der Waals surface area contributed by atoms with Crippen molar-refractivity contribution < 1.29 is 9.59 Å². The van der Waals surface area contributed by atoms with Gasteiger partial charge in [0.25, 0.3) is 5.91 Å². The fraction of sp³-hybridized carbons (Fsp3) is 0.529. The summed E-state index contributed by atoms with van der Waals surface area (Å²) in [7, 11) is 0. The predicted octanol–water partition coefficient (Wildman–Crippen LogP) is 2.15. The summed E-state index contributed by atoms with van der Waals surface area (Å²) < 4.78 is 0. The molecule has 0 atom stereocenters. The van der Waals surface area contributed by atoms with E-state index in [0.29, 0.717) is 24.2 Å². The first-order valence-corrected chi connectivity index (χ1v) is 7.91. The van der Waals surface area contributed by atoms with E-state index in [-0.39, 0.29) is 17.2 Å². The molecular formula is C17H25N3O2. The smallest absolute Gasteiger partial charge is 0.251 e. The van der Waals surface area contributed by atoms with Crippen LogP contribution in [0.15, 0.2) is 24.3 Å². The molecule has 22 heavy (non-hydrogen) atoms. The zero-order chi connectivity index (χ0) is 16.0. The summed E-state index contributed by atoms with van der Waals surface area (Å²) >= 11 is 0. The van der Waals surface area contributed by atoms with E-state index in [1.807, 2.05) is 0 Å². The molecule has 0 unspecified atom stereocenters. The SMILES string of the molecule is CCC(=O)Nc1cccc(C(=O)NCC2(C)CCNCC2)c1. The van der Waals surface area contributed by atoms with Gasteiger partial charge in [0.15, 0.2) is 0 Å². The summed E-state index contributed by atoms with van der Waals surface area (Å²) in [5, 5.41) is 9.13. The van der Waals surface area contributed by atoms with Gasteiger partial charge in [-0.05, 0) is 49.5 Å². The van der Waals surface area contributed by atoms with E-state index in [2.05, 4.69) is 22.9 Å². The summed E-state index contributed by atoms with van der Waals surface area (Å²) in [5.41, 5.74) is 1.40. The lowest BCUT2D eigenvalue weighted by molar-refractivity contribution is -0.115. The van der Waals surface area contributed by atoms with E-state index >= 15 is 0 Å². The second-order valence-corrected chi connectivity index (χ2v) is 6.23. The van der Waals surface area contributed by atoms with Crippen molar-refractivity contribution >= 4 is 17.5 Å². The maximum absolute atomic E-state index is 12.3. The van der Waals surface area contributed by atoms with Crippen LogP contribution < -0.4 is 16.0 Å². The first kappa shape index (κ1) is 16.5. The van der Waals surface area contributed by atoms with Gasteiger partial charge in [-0.1, -0.05) is 19.9 Å². The van der Waals surface area contributed by atoms with E-state index in [0.717, 1.165) is 25.9 Å². The Labute approximate surface area is 131 Å². The molecule has 0 aromatic heterocycles. The van der Waals surface area contributed by atoms with Crippen LogP contribution in [-0.2, 0) is 4.79 Å². The van der Waals surface area contributed by atoms with Gasteiger partial charge in [0, 0.05) is 24.2 Å². The second kappa shape index (κ2) is 7.40. The summed E-state index contributed by atoms with van der Waals surface area (Å²) in [5.74, 6) is -0.146. The third kappa shape index (κ3) is 4.56. The minimum atomic E-state index is -0.0904. The second-order valence-electron chi connectivity index (χ2n) is 6.23. The number of carbonyl (C=O) groups is 2. The minimum absolute atomic E-state index is 0.0558. The molecule has 3 N–H and O–H groups in total. The number of benzene rings is 1. The molecule has 2 rings (SSSR count). The average Bonchev–Trinajstić information content (AvgIpc) is 2.53. The predicted molar refractivity (Wildman–Crippen MR) is 87.9 cm³/mol. The van der Waals surface area contributed by atoms with Crippen LogP contribution in [0, 0.1) is 5.41 Å². The topological polar surface area (TPSA) is 70.2 Å². The normalized spacial score (nSPS) is 16.8. The molecule has 0 saturated carbocycles. The van der Waals surface area contributed by atoms with Crippen LogP contribution in [0.25, 0.3) is 0 Å². The molecule has 1 aliphatic heterocycles. The average molecular weight is 303 g/mol. The molecule has 0 bridgehead atoms. The number of piperidine rings is 1. The van der Waals surface area contributed by atoms with Gasteiger partial charge in [-0.3, -0.25) is 9.59 Å². The first-order chi connectivity index (χ1) is 10.5. The Morgan fingerprint density at radius 2 is 2.00 bits per heavy atom. The first-order valence-electron chi connectivity index (χ1n) is 7.91. The largest absolute Gasteiger partial charge is 0.351 e. The van der Waals surface area contributed by atoms with E-state index in [1.165, 1.54) is 0 Å². The number of hydrogen-bond acceptors (Lipinski definition) is 3. The van der Waals surface area contributed by atoms with Gasteiger partial charge in [0.2, 0.25) is 5.91 Å². The third-order valence-corrected chi connectivity index (χ3v) is 4.22. The van der Waals surface area contributed by atoms with Gasteiger partial charge in [-0.2, -0.15) is 0 Å². The molecule has 1 saturated heterocycles. The Kier molecular flexibility index (Phi) is 5.55. The van der Waals surface area contributed by atoms with Gasteiger partial charge in [0.1, 0.15) is 0 Å². The van der Waals surface area contributed by atoms with Gasteiger partial charge in [-0.15, -0.1) is 0 Å². The molecule has 0 radical (unpaired) electrons. The molecule has 1 aromatic carbocycles. The molecule has 0 spiro atoms. The Morgan fingerprint density at radius 3 is 2.68 bits per heavy atom. The van der Waals surface area contributed by atoms with Crippen molar-refractivity contribution in [3.63, 3.8) is 0 Å². The van der Waals surface area contributed by atoms with Crippen LogP contribution in [0.5, 0.6) is 0 Å². The van der Waals surface area contributed by atoms with Crippen LogP contribution in [0.1, 0.15) is 43.5 Å². The fourth-order valence-corrected chi connectivity index (χ4v) is 2.59. The van der Waals surface area contributed by atoms with Crippen molar-refractivity contribution in [1.29, 1.82) is 0 Å². The van der Waals surface area contributed by atoms with Gasteiger partial charge in [0.05, 0.1) is 0 Å². The number of hydrogen-bond donors (Lipinski definition) is 3. The summed E-state index contributed by atoms with van der Waals surface area (Å²) in [4.78, 5) is 23.7. The molecule has 1 heterocycles. The van der Waals surface area contributed by atoms with E-state index in [1.54, 1.807) is 31.2 Å². The van der Waals surface area contributed by atoms with Crippen LogP contribution in [0.3, 0.4) is 0 Å². The Hall–Kier alpha value is -1.88. The Balaban J connectivity index is 1.94. The Bertz CT molecular complexity index is 536. The lowest BCUT2D eigenvalue weighted by Crippen LogP contribution is -2.42. The van der Waals surface area contributed by atoms with Crippen molar-refractivity contribution in [3.05, 3.63) is 29.8 Å². The lowest BCUT2D eigenvalue weighted by atomic mass is 9.81. The summed E-state index contributed by atoms with van der Waals surface area (Å²) in [6, 6.07) is 7.06. The zero-order valence-corrected chi connectivity index (χ0v) is 13.4. The number of nitrogens with one attached hydrogen (secondary N) is 3. The number of anilines is 1. The molecule has 0 aliphatic carbocycles. The maximum Gasteiger partial charge on any atom is 0.251 e. The lowest BCUT2D eigenvalue weighted by Gasteiger charge is -2.34. The molecule has 120 valence electrons. The summed E-state index contributed by atoms with van der Waals surface area (Å²) in [6.45, 7) is 6.70. The monoisotopic (exact) mass is 303 g/mol. The van der Waals surface area contributed by atoms with Gasteiger partial charge in [-0.25, -0.2) is 0 Å². The van der Waals surface area contributed by atoms with Crippen molar-refractivity contribution in [2.24, 2.45) is 5.41 Å². The zero-order valence-electron chi connectivity index (χ0n) is 13.4. The standard InChI is InChI=1S/C17H25N3O2/c1-3-15(21)20-14-6-4-5-13(11-14)16(22)19-12-17(2)7-9-18-10-8-17/h4-6,11,18H,3,7-10,12H2,1-2H3,(H,19,22)(H,20,21). The highest BCUT2D eigenvalue weighted by Gasteiger charge is 2.27. The van der Waals surface area contributed by atoms with Crippen molar-refractivity contribution in [3.8, 4) is 0 Å². The van der Waals surface area contributed by atoms with Crippen LogP contribution in [0.4, 0.5) is 5.69 Å². The van der Waals surface area contributed by atoms with Crippen molar-refractivity contribution in [2.75, 3.05) is 25.0 Å². The van der Waals surface area contributed by atoms with E-state index in [4.69, 9.17) is 0 Å². The highest BCUT2D eigenvalue weighted by atomic mass is 16.2. The molecule has 1 aliphatic rings. The van der Waals surface area contributed by atoms with E-state index in [9.17, 15) is 9.59 Å². The number of rotatable bonds is 5. The quantitative estimate of drug-likeness (QED) is 0.780. The van der Waals surface area contributed by atoms with Crippen LogP contribution in [-0.4, -0.2) is 31.4 Å². The molecule has 5 nitrogen and oxygen atoms in total. The van der Waals surface area contributed by atoms with Crippen molar-refractivity contribution in [1.82, 2.24) is 10.6 Å². The molecule has 1 aromatic rings. The summed E-state index contributed by atoms with van der Waals surface area (Å²) in [6.07, 6.45) is 2.56. The minimum Gasteiger partial charge on any atom is -0.351 e. The maximum atomic E-state index is 12.3. The van der Waals surface area contributed by atoms with Crippen molar-refractivity contribution in [2.45, 2.75) is 33.1 Å². The van der Waals surface area contributed by atoms with Crippen LogP contribution in [0.2, 0.25) is 0 Å². The Morgan fingerprint density at radius 1 is 1.27 bits per heavy atom. The van der Waals surface area contributed by atoms with E-state index < -0.39 is 0 Å². The number of carbonyl (C=O) groups excluding carboxylic acids is 2. The van der Waals surface area contributed by atoms with Crippen LogP contribution >= 0.6 is 0 Å². The highest BCUT2D eigenvalue weighted by Crippen LogP contribution is 2.26. The molecular weight excluding hydrogens is 278 g/mol. The third-order valence-electron chi connectivity index (χ3n) is 4.22. The van der Waals surface area contributed by atoms with Gasteiger partial charge >= 0.3 is 0 Å². The fourth-order valence-electron chi connectivity index (χ4n) is 2.59. The highest BCUT2D eigenvalue weighted by molar-refractivity contribution is 5.97. The number of amides is 2.